The van der Waals surface area contributed by atoms with E-state index in [1.54, 1.807) is 12.4 Å². The lowest BCUT2D eigenvalue weighted by atomic mass is 9.97. The molecule has 2 N–H and O–H groups in total. The quantitative estimate of drug-likeness (QED) is 0.561. The molecule has 0 unspecified atom stereocenters. The maximum absolute atomic E-state index is 14.7. The number of rotatable bonds is 6. The standard InChI is InChI=1S/C25H25FN4O3S/c26-23-12-22(18-7-2-1-3-8-18)24(21-10-4-9-20(21)23)28-25(31)29-34(32,33)19-15-30(16-19)14-17-6-5-11-27-13-17/h1-3,5-8,11-13,19H,4,9-10,14-16H2,(H2,28,29,31). The van der Waals surface area contributed by atoms with E-state index in [2.05, 4.69) is 15.0 Å². The lowest BCUT2D eigenvalue weighted by Crippen LogP contribution is -2.58. The van der Waals surface area contributed by atoms with Crippen LogP contribution in [-0.2, 0) is 29.4 Å². The van der Waals surface area contributed by atoms with Crippen LogP contribution in [0.4, 0.5) is 14.9 Å². The summed E-state index contributed by atoms with van der Waals surface area (Å²) in [7, 11) is -3.86. The fourth-order valence-electron chi connectivity index (χ4n) is 4.67. The van der Waals surface area contributed by atoms with Crippen molar-refractivity contribution in [2.24, 2.45) is 0 Å². The number of pyridine rings is 1. The molecular formula is C25H25FN4O3S. The molecule has 0 radical (unpaired) electrons. The number of halogens is 1. The van der Waals surface area contributed by atoms with E-state index >= 15 is 0 Å². The Morgan fingerprint density at radius 3 is 2.59 bits per heavy atom. The van der Waals surface area contributed by atoms with Gasteiger partial charge in [0.15, 0.2) is 0 Å². The molecular weight excluding hydrogens is 455 g/mol. The third kappa shape index (κ3) is 4.53. The van der Waals surface area contributed by atoms with E-state index in [0.29, 0.717) is 49.3 Å². The number of aromatic nitrogens is 1. The van der Waals surface area contributed by atoms with Gasteiger partial charge in [0.05, 0.1) is 5.69 Å². The average molecular weight is 481 g/mol. The molecule has 0 saturated carbocycles. The normalized spacial score (nSPS) is 16.0. The van der Waals surface area contributed by atoms with Crippen LogP contribution in [0.25, 0.3) is 11.1 Å². The second kappa shape index (κ2) is 9.15. The lowest BCUT2D eigenvalue weighted by molar-refractivity contribution is 0.175. The van der Waals surface area contributed by atoms with Crippen LogP contribution < -0.4 is 10.0 Å². The zero-order valence-electron chi connectivity index (χ0n) is 18.5. The van der Waals surface area contributed by atoms with Crippen molar-refractivity contribution in [1.29, 1.82) is 0 Å². The van der Waals surface area contributed by atoms with Crippen molar-refractivity contribution in [2.45, 2.75) is 31.1 Å². The van der Waals surface area contributed by atoms with Crippen LogP contribution in [0.15, 0.2) is 60.9 Å². The number of urea groups is 1. The molecule has 1 saturated heterocycles. The Labute approximate surface area is 198 Å². The predicted molar refractivity (Wildman–Crippen MR) is 128 cm³/mol. The van der Waals surface area contributed by atoms with Crippen molar-refractivity contribution in [3.05, 3.63) is 83.4 Å². The predicted octanol–water partition coefficient (Wildman–Crippen LogP) is 3.71. The molecule has 176 valence electrons. The number of benzene rings is 2. The Balaban J connectivity index is 1.30. The molecule has 2 aliphatic rings. The summed E-state index contributed by atoms with van der Waals surface area (Å²) < 4.78 is 42.5. The van der Waals surface area contributed by atoms with E-state index in [1.165, 1.54) is 6.07 Å². The SMILES string of the molecule is O=C(Nc1c(-c2ccccc2)cc(F)c2c1CCC2)NS(=O)(=O)C1CN(Cc2cccnc2)C1. The van der Waals surface area contributed by atoms with Gasteiger partial charge in [0.25, 0.3) is 0 Å². The number of amides is 2. The summed E-state index contributed by atoms with van der Waals surface area (Å²) in [6.07, 6.45) is 5.45. The number of carbonyl (C=O) groups is 1. The summed E-state index contributed by atoms with van der Waals surface area (Å²) in [5.74, 6) is -0.298. The van der Waals surface area contributed by atoms with E-state index < -0.39 is 21.3 Å². The number of anilines is 1. The number of likely N-dealkylation sites (tertiary alicyclic amines) is 1. The minimum Gasteiger partial charge on any atom is -0.306 e. The van der Waals surface area contributed by atoms with Gasteiger partial charge in [-0.3, -0.25) is 9.88 Å². The summed E-state index contributed by atoms with van der Waals surface area (Å²) in [4.78, 5) is 18.9. The highest BCUT2D eigenvalue weighted by atomic mass is 32.2. The summed E-state index contributed by atoms with van der Waals surface area (Å²) >= 11 is 0. The van der Waals surface area contributed by atoms with Crippen LogP contribution in [-0.4, -0.2) is 42.7 Å². The van der Waals surface area contributed by atoms with Crippen LogP contribution in [0.3, 0.4) is 0 Å². The smallest absolute Gasteiger partial charge is 0.306 e. The second-order valence-electron chi connectivity index (χ2n) is 8.74. The molecule has 5 rings (SSSR count). The number of fused-ring (bicyclic) bond motifs is 1. The first kappa shape index (κ1) is 22.5. The molecule has 7 nitrogen and oxygen atoms in total. The van der Waals surface area contributed by atoms with Crippen molar-refractivity contribution in [3.8, 4) is 11.1 Å². The molecule has 3 aromatic rings. The number of hydrogen-bond donors (Lipinski definition) is 2. The van der Waals surface area contributed by atoms with E-state index in [0.717, 1.165) is 23.1 Å². The lowest BCUT2D eigenvalue weighted by Gasteiger charge is -2.38. The number of hydrogen-bond acceptors (Lipinski definition) is 5. The third-order valence-corrected chi connectivity index (χ3v) is 8.04. The molecule has 9 heteroatoms. The van der Waals surface area contributed by atoms with Gasteiger partial charge in [-0.25, -0.2) is 22.3 Å². The van der Waals surface area contributed by atoms with Gasteiger partial charge < -0.3 is 5.32 Å². The number of carbonyl (C=O) groups excluding carboxylic acids is 1. The van der Waals surface area contributed by atoms with Gasteiger partial charge in [-0.05, 0) is 53.6 Å². The van der Waals surface area contributed by atoms with Gasteiger partial charge in [-0.15, -0.1) is 0 Å². The molecule has 2 heterocycles. The third-order valence-electron chi connectivity index (χ3n) is 6.40. The molecule has 1 aliphatic carbocycles. The van der Waals surface area contributed by atoms with Gasteiger partial charge in [-0.2, -0.15) is 0 Å². The van der Waals surface area contributed by atoms with E-state index in [4.69, 9.17) is 0 Å². The topological polar surface area (TPSA) is 91.4 Å². The van der Waals surface area contributed by atoms with Gasteiger partial charge in [0.2, 0.25) is 10.0 Å². The van der Waals surface area contributed by atoms with Crippen LogP contribution in [0.2, 0.25) is 0 Å². The van der Waals surface area contributed by atoms with Crippen LogP contribution in [0.5, 0.6) is 0 Å². The van der Waals surface area contributed by atoms with Gasteiger partial charge in [-0.1, -0.05) is 36.4 Å². The summed E-state index contributed by atoms with van der Waals surface area (Å²) in [6, 6.07) is 13.6. The summed E-state index contributed by atoms with van der Waals surface area (Å²) in [5.41, 5.74) is 4.08. The fraction of sp³-hybridized carbons (Fsp3) is 0.280. The van der Waals surface area contributed by atoms with Crippen LogP contribution in [0, 0.1) is 5.82 Å². The minimum absolute atomic E-state index is 0.298. The van der Waals surface area contributed by atoms with E-state index in [9.17, 15) is 17.6 Å². The van der Waals surface area contributed by atoms with Gasteiger partial charge in [0.1, 0.15) is 11.1 Å². The van der Waals surface area contributed by atoms with E-state index in [1.807, 2.05) is 47.4 Å². The molecule has 0 atom stereocenters. The zero-order valence-corrected chi connectivity index (χ0v) is 19.3. The highest BCUT2D eigenvalue weighted by molar-refractivity contribution is 7.90. The fourth-order valence-corrected chi connectivity index (χ4v) is 5.96. The Kier molecular flexibility index (Phi) is 6.05. The molecule has 1 aliphatic heterocycles. The van der Waals surface area contributed by atoms with Crippen LogP contribution in [0.1, 0.15) is 23.1 Å². The first-order valence-electron chi connectivity index (χ1n) is 11.2. The highest BCUT2D eigenvalue weighted by Crippen LogP contribution is 2.39. The summed E-state index contributed by atoms with van der Waals surface area (Å²) in [5, 5.41) is 2.05. The first-order chi connectivity index (χ1) is 16.4. The Hall–Kier alpha value is -3.30. The average Bonchev–Trinajstić information content (AvgIpc) is 3.29. The number of nitrogens with one attached hydrogen (secondary N) is 2. The minimum atomic E-state index is -3.86. The molecule has 34 heavy (non-hydrogen) atoms. The largest absolute Gasteiger partial charge is 0.332 e. The molecule has 0 spiro atoms. The maximum Gasteiger partial charge on any atom is 0.332 e. The molecule has 0 bridgehead atoms. The molecule has 1 fully saturated rings. The summed E-state index contributed by atoms with van der Waals surface area (Å²) in [6.45, 7) is 1.27. The monoisotopic (exact) mass is 480 g/mol. The van der Waals surface area contributed by atoms with Crippen molar-refractivity contribution in [3.63, 3.8) is 0 Å². The van der Waals surface area contributed by atoms with Crippen molar-refractivity contribution in [1.82, 2.24) is 14.6 Å². The highest BCUT2D eigenvalue weighted by Gasteiger charge is 2.38. The molecule has 1 aromatic heterocycles. The first-order valence-corrected chi connectivity index (χ1v) is 12.8. The Morgan fingerprint density at radius 2 is 1.85 bits per heavy atom. The number of sulfonamides is 1. The molecule has 2 aromatic carbocycles. The van der Waals surface area contributed by atoms with Gasteiger partial charge in [0, 0.05) is 37.6 Å². The van der Waals surface area contributed by atoms with E-state index in [-0.39, 0.29) is 5.82 Å². The Bertz CT molecular complexity index is 1310. The molecule has 2 amide bonds. The maximum atomic E-state index is 14.7. The van der Waals surface area contributed by atoms with Crippen molar-refractivity contribution < 1.29 is 17.6 Å². The number of nitrogens with zero attached hydrogens (tertiary/aromatic N) is 2. The van der Waals surface area contributed by atoms with Crippen molar-refractivity contribution in [2.75, 3.05) is 18.4 Å². The van der Waals surface area contributed by atoms with Gasteiger partial charge >= 0.3 is 6.03 Å². The van der Waals surface area contributed by atoms with Crippen molar-refractivity contribution >= 4 is 21.7 Å². The second-order valence-corrected chi connectivity index (χ2v) is 10.7. The zero-order chi connectivity index (χ0) is 23.7. The Morgan fingerprint density at radius 1 is 1.09 bits per heavy atom. The van der Waals surface area contributed by atoms with Crippen LogP contribution >= 0.6 is 0 Å².